The molecule has 5 rings (SSSR count). The third kappa shape index (κ3) is 5.53. The molecule has 1 aliphatic carbocycles. The van der Waals surface area contributed by atoms with E-state index in [-0.39, 0.29) is 5.92 Å². The number of nitrogens with two attached hydrogens (primary N) is 1. The van der Waals surface area contributed by atoms with Gasteiger partial charge in [-0.3, -0.25) is 10.3 Å². The van der Waals surface area contributed by atoms with Crippen LogP contribution in [-0.4, -0.2) is 54.2 Å². The maximum Gasteiger partial charge on any atom is 0.220 e. The maximum absolute atomic E-state index is 6.04. The number of piperazine rings is 1. The summed E-state index contributed by atoms with van der Waals surface area (Å²) in [6, 6.07) is 19.1. The summed E-state index contributed by atoms with van der Waals surface area (Å²) in [7, 11) is 0. The van der Waals surface area contributed by atoms with Crippen LogP contribution >= 0.6 is 0 Å². The Kier molecular flexibility index (Phi) is 7.37. The van der Waals surface area contributed by atoms with Crippen molar-refractivity contribution in [2.45, 2.75) is 25.7 Å². The number of aromatic nitrogens is 2. The molecule has 1 aromatic heterocycles. The standard InChI is InChI=1S/C28H34N6O/c1-20-27-25(32-28(29)31-20)18-22(24-11-6-5-10-23(24)21-8-3-2-4-9-21)19-26(27)33-35-17-7-14-34-15-12-30-13-16-34/h2-6,8-11,19,22,30,33H,7,12-18H2,1H3,(H2,29,31,32). The number of hydrogen-bond acceptors (Lipinski definition) is 7. The van der Waals surface area contributed by atoms with Gasteiger partial charge in [-0.2, -0.15) is 0 Å². The predicted molar refractivity (Wildman–Crippen MR) is 140 cm³/mol. The van der Waals surface area contributed by atoms with E-state index in [9.17, 15) is 0 Å². The van der Waals surface area contributed by atoms with Gasteiger partial charge >= 0.3 is 0 Å². The molecule has 1 aliphatic heterocycles. The van der Waals surface area contributed by atoms with Crippen LogP contribution in [0, 0.1) is 6.92 Å². The molecule has 0 saturated carbocycles. The van der Waals surface area contributed by atoms with Crippen molar-refractivity contribution < 1.29 is 4.84 Å². The van der Waals surface area contributed by atoms with Crippen LogP contribution in [0.1, 0.15) is 34.9 Å². The van der Waals surface area contributed by atoms with Crippen molar-refractivity contribution in [2.24, 2.45) is 0 Å². The predicted octanol–water partition coefficient (Wildman–Crippen LogP) is 3.53. The SMILES string of the molecule is Cc1nc(N)nc2c1C(NOCCCN1CCNCC1)=CC(c1ccccc1-c1ccccc1)C2. The lowest BCUT2D eigenvalue weighted by molar-refractivity contribution is 0.0682. The fraction of sp³-hybridized carbons (Fsp3) is 0.357. The Bertz CT molecular complexity index is 1170. The van der Waals surface area contributed by atoms with Gasteiger partial charge in [-0.1, -0.05) is 60.7 Å². The summed E-state index contributed by atoms with van der Waals surface area (Å²) in [5.41, 5.74) is 16.7. The van der Waals surface area contributed by atoms with E-state index in [2.05, 4.69) is 80.3 Å². The van der Waals surface area contributed by atoms with E-state index < -0.39 is 0 Å². The third-order valence-electron chi connectivity index (χ3n) is 6.79. The van der Waals surface area contributed by atoms with Crippen molar-refractivity contribution in [3.05, 3.63) is 83.2 Å². The molecule has 3 aromatic rings. The number of benzene rings is 2. The average Bonchev–Trinajstić information content (AvgIpc) is 2.89. The Morgan fingerprint density at radius 3 is 2.66 bits per heavy atom. The zero-order valence-corrected chi connectivity index (χ0v) is 20.3. The molecular weight excluding hydrogens is 436 g/mol. The van der Waals surface area contributed by atoms with Gasteiger partial charge in [0.05, 0.1) is 23.7 Å². The minimum Gasteiger partial charge on any atom is -0.368 e. The lowest BCUT2D eigenvalue weighted by Gasteiger charge is -2.28. The molecule has 1 saturated heterocycles. The maximum atomic E-state index is 6.04. The molecular formula is C28H34N6O. The number of allylic oxidation sites excluding steroid dienone is 1. The highest BCUT2D eigenvalue weighted by molar-refractivity contribution is 5.74. The number of nitrogen functional groups attached to an aromatic ring is 1. The van der Waals surface area contributed by atoms with Gasteiger partial charge < -0.3 is 16.0 Å². The number of hydroxylamine groups is 1. The van der Waals surface area contributed by atoms with E-state index in [0.29, 0.717) is 12.6 Å². The Morgan fingerprint density at radius 1 is 1.06 bits per heavy atom. The van der Waals surface area contributed by atoms with Gasteiger partial charge in [-0.15, -0.1) is 0 Å². The summed E-state index contributed by atoms with van der Waals surface area (Å²) in [4.78, 5) is 17.5. The fourth-order valence-electron chi connectivity index (χ4n) is 5.12. The summed E-state index contributed by atoms with van der Waals surface area (Å²) >= 11 is 0. The average molecular weight is 471 g/mol. The Balaban J connectivity index is 1.37. The summed E-state index contributed by atoms with van der Waals surface area (Å²) in [6.45, 7) is 8.00. The van der Waals surface area contributed by atoms with Gasteiger partial charge in [0.25, 0.3) is 0 Å². The zero-order chi connectivity index (χ0) is 24.0. The highest BCUT2D eigenvalue weighted by Crippen LogP contribution is 2.38. The van der Waals surface area contributed by atoms with E-state index >= 15 is 0 Å². The first-order valence-corrected chi connectivity index (χ1v) is 12.5. The highest BCUT2D eigenvalue weighted by Gasteiger charge is 2.26. The first-order chi connectivity index (χ1) is 17.2. The molecule has 7 nitrogen and oxygen atoms in total. The van der Waals surface area contributed by atoms with E-state index in [1.54, 1.807) is 0 Å². The van der Waals surface area contributed by atoms with Crippen LogP contribution in [0.4, 0.5) is 5.95 Å². The van der Waals surface area contributed by atoms with Gasteiger partial charge in [0.2, 0.25) is 5.95 Å². The summed E-state index contributed by atoms with van der Waals surface area (Å²) in [6.07, 6.45) is 4.00. The minimum absolute atomic E-state index is 0.138. The third-order valence-corrected chi connectivity index (χ3v) is 6.79. The van der Waals surface area contributed by atoms with Crippen LogP contribution in [-0.2, 0) is 11.3 Å². The quantitative estimate of drug-likeness (QED) is 0.343. The van der Waals surface area contributed by atoms with Crippen LogP contribution in [0.3, 0.4) is 0 Å². The van der Waals surface area contributed by atoms with Gasteiger partial charge in [0.15, 0.2) is 0 Å². The smallest absolute Gasteiger partial charge is 0.220 e. The molecule has 7 heteroatoms. The normalized spacial score (nSPS) is 18.1. The molecule has 2 aliphatic rings. The van der Waals surface area contributed by atoms with Gasteiger partial charge in [-0.05, 0) is 30.0 Å². The van der Waals surface area contributed by atoms with E-state index in [1.807, 2.05) is 13.0 Å². The molecule has 35 heavy (non-hydrogen) atoms. The van der Waals surface area contributed by atoms with E-state index in [4.69, 9.17) is 10.6 Å². The number of anilines is 1. The molecule has 4 N–H and O–H groups in total. The molecule has 0 spiro atoms. The van der Waals surface area contributed by atoms with Gasteiger partial charge in [0, 0.05) is 50.6 Å². The van der Waals surface area contributed by atoms with Crippen molar-refractivity contribution >= 4 is 11.6 Å². The Morgan fingerprint density at radius 2 is 1.83 bits per heavy atom. The Labute approximate surface area is 207 Å². The number of nitrogens with one attached hydrogen (secondary N) is 2. The molecule has 2 aromatic carbocycles. The minimum atomic E-state index is 0.138. The van der Waals surface area contributed by atoms with Crippen LogP contribution in [0.15, 0.2) is 60.7 Å². The van der Waals surface area contributed by atoms with Crippen molar-refractivity contribution in [1.82, 2.24) is 25.7 Å². The number of aryl methyl sites for hydroxylation is 1. The molecule has 1 fully saturated rings. The number of rotatable bonds is 8. The molecule has 1 atom stereocenters. The second-order valence-corrected chi connectivity index (χ2v) is 9.23. The van der Waals surface area contributed by atoms with Crippen LogP contribution in [0.5, 0.6) is 0 Å². The molecule has 182 valence electrons. The topological polar surface area (TPSA) is 88.3 Å². The second-order valence-electron chi connectivity index (χ2n) is 9.23. The number of hydrogen-bond donors (Lipinski definition) is 3. The summed E-state index contributed by atoms with van der Waals surface area (Å²) < 4.78 is 0. The van der Waals surface area contributed by atoms with Crippen molar-refractivity contribution in [3.8, 4) is 11.1 Å². The number of nitrogens with zero attached hydrogens (tertiary/aromatic N) is 3. The first kappa shape index (κ1) is 23.5. The molecule has 0 amide bonds. The van der Waals surface area contributed by atoms with Gasteiger partial charge in [-0.25, -0.2) is 9.97 Å². The Hall–Kier alpha value is -3.26. The molecule has 0 radical (unpaired) electrons. The van der Waals surface area contributed by atoms with Crippen LogP contribution in [0.2, 0.25) is 0 Å². The largest absolute Gasteiger partial charge is 0.368 e. The van der Waals surface area contributed by atoms with Crippen LogP contribution < -0.4 is 16.5 Å². The second kappa shape index (κ2) is 11.0. The van der Waals surface area contributed by atoms with Gasteiger partial charge in [0.1, 0.15) is 0 Å². The highest BCUT2D eigenvalue weighted by atomic mass is 16.6. The molecule has 2 heterocycles. The van der Waals surface area contributed by atoms with E-state index in [0.717, 1.165) is 68.2 Å². The molecule has 0 bridgehead atoms. The lowest BCUT2D eigenvalue weighted by atomic mass is 9.82. The number of fused-ring (bicyclic) bond motifs is 1. The van der Waals surface area contributed by atoms with Crippen molar-refractivity contribution in [3.63, 3.8) is 0 Å². The monoisotopic (exact) mass is 470 g/mol. The fourth-order valence-corrected chi connectivity index (χ4v) is 5.12. The van der Waals surface area contributed by atoms with E-state index in [1.165, 1.54) is 16.7 Å². The summed E-state index contributed by atoms with van der Waals surface area (Å²) in [5.74, 6) is 0.453. The first-order valence-electron chi connectivity index (χ1n) is 12.5. The molecule has 1 unspecified atom stereocenters. The van der Waals surface area contributed by atoms with Crippen LogP contribution in [0.25, 0.3) is 16.8 Å². The van der Waals surface area contributed by atoms with Crippen molar-refractivity contribution in [1.29, 1.82) is 0 Å². The van der Waals surface area contributed by atoms with Crippen molar-refractivity contribution in [2.75, 3.05) is 45.1 Å². The lowest BCUT2D eigenvalue weighted by Crippen LogP contribution is -2.44. The summed E-state index contributed by atoms with van der Waals surface area (Å²) in [5, 5.41) is 3.40. The zero-order valence-electron chi connectivity index (χ0n) is 20.3.